The molecule has 2 amide bonds. The van der Waals surface area contributed by atoms with Gasteiger partial charge in [-0.2, -0.15) is 8.78 Å². The molecular formula is C18H18F2N2O3. The summed E-state index contributed by atoms with van der Waals surface area (Å²) >= 11 is 0. The first-order valence-corrected chi connectivity index (χ1v) is 7.91. The molecule has 0 spiro atoms. The predicted octanol–water partition coefficient (Wildman–Crippen LogP) is 3.09. The van der Waals surface area contributed by atoms with Crippen LogP contribution in [0.3, 0.4) is 0 Å². The van der Waals surface area contributed by atoms with E-state index in [1.165, 1.54) is 6.07 Å². The number of carbonyl (C=O) groups excluding carboxylic acids is 1. The molecule has 1 heterocycles. The molecular weight excluding hydrogens is 330 g/mol. The topological polar surface area (TPSA) is 59.6 Å². The van der Waals surface area contributed by atoms with E-state index < -0.39 is 12.6 Å². The van der Waals surface area contributed by atoms with Crippen LogP contribution in [0, 0.1) is 0 Å². The number of alkyl halides is 2. The lowest BCUT2D eigenvalue weighted by Gasteiger charge is -2.14. The Morgan fingerprint density at radius 2 is 1.92 bits per heavy atom. The van der Waals surface area contributed by atoms with Gasteiger partial charge in [0, 0.05) is 18.5 Å². The van der Waals surface area contributed by atoms with Crippen LogP contribution in [0.2, 0.25) is 0 Å². The molecule has 0 aliphatic carbocycles. The molecule has 0 unspecified atom stereocenters. The van der Waals surface area contributed by atoms with Gasteiger partial charge in [-0.05, 0) is 17.7 Å². The fourth-order valence-corrected chi connectivity index (χ4v) is 2.67. The molecule has 25 heavy (non-hydrogen) atoms. The average Bonchev–Trinajstić information content (AvgIpc) is 3.01. The zero-order valence-electron chi connectivity index (χ0n) is 13.4. The maximum atomic E-state index is 12.4. The van der Waals surface area contributed by atoms with Crippen molar-refractivity contribution in [3.63, 3.8) is 0 Å². The van der Waals surface area contributed by atoms with E-state index in [-0.39, 0.29) is 18.4 Å². The van der Waals surface area contributed by atoms with E-state index in [1.54, 1.807) is 18.2 Å². The summed E-state index contributed by atoms with van der Waals surface area (Å²) in [6.07, 6.45) is 0.624. The first kappa shape index (κ1) is 17.0. The zero-order chi connectivity index (χ0) is 17.6. The van der Waals surface area contributed by atoms with Gasteiger partial charge in [0.05, 0.1) is 6.54 Å². The molecule has 132 valence electrons. The van der Waals surface area contributed by atoms with Crippen molar-refractivity contribution in [3.8, 4) is 11.5 Å². The Bertz CT molecular complexity index is 715. The number of rotatable bonds is 6. The van der Waals surface area contributed by atoms with Crippen molar-refractivity contribution in [3.05, 3.63) is 59.7 Å². The highest BCUT2D eigenvalue weighted by molar-refractivity contribution is 5.74. The third-order valence-electron chi connectivity index (χ3n) is 3.83. The molecule has 0 saturated heterocycles. The number of amides is 2. The van der Waals surface area contributed by atoms with E-state index in [1.807, 2.05) is 24.3 Å². The van der Waals surface area contributed by atoms with Gasteiger partial charge in [0.1, 0.15) is 17.6 Å². The number of nitrogens with one attached hydrogen (secondary N) is 2. The van der Waals surface area contributed by atoms with E-state index in [0.29, 0.717) is 12.1 Å². The second-order valence-corrected chi connectivity index (χ2v) is 5.60. The van der Waals surface area contributed by atoms with Crippen molar-refractivity contribution >= 4 is 6.03 Å². The lowest BCUT2D eigenvalue weighted by atomic mass is 10.1. The lowest BCUT2D eigenvalue weighted by Crippen LogP contribution is -2.40. The molecule has 2 aromatic rings. The minimum absolute atomic E-state index is 0.0485. The first-order chi connectivity index (χ1) is 12.1. The fraction of sp³-hybridized carbons (Fsp3) is 0.278. The van der Waals surface area contributed by atoms with Gasteiger partial charge >= 0.3 is 12.6 Å². The maximum absolute atomic E-state index is 12.4. The summed E-state index contributed by atoms with van der Waals surface area (Å²) in [6, 6.07) is 13.7. The summed E-state index contributed by atoms with van der Waals surface area (Å²) in [7, 11) is 0. The van der Waals surface area contributed by atoms with Crippen LogP contribution in [0.15, 0.2) is 48.5 Å². The van der Waals surface area contributed by atoms with Crippen molar-refractivity contribution in [1.82, 2.24) is 10.6 Å². The normalized spacial score (nSPS) is 15.4. The van der Waals surface area contributed by atoms with Gasteiger partial charge in [0.2, 0.25) is 0 Å². The quantitative estimate of drug-likeness (QED) is 0.843. The highest BCUT2D eigenvalue weighted by Gasteiger charge is 2.22. The Morgan fingerprint density at radius 3 is 2.72 bits per heavy atom. The van der Waals surface area contributed by atoms with Crippen LogP contribution in [0.25, 0.3) is 0 Å². The van der Waals surface area contributed by atoms with Gasteiger partial charge in [-0.3, -0.25) is 0 Å². The van der Waals surface area contributed by atoms with Crippen LogP contribution in [-0.2, 0) is 13.0 Å². The first-order valence-electron chi connectivity index (χ1n) is 7.91. The summed E-state index contributed by atoms with van der Waals surface area (Å²) in [5.41, 5.74) is 1.59. The standard InChI is InChI=1S/C18H18F2N2O3/c19-17(20)25-16-8-4-2-6-13(16)10-21-18(23)22-11-14-9-12-5-1-3-7-15(12)24-14/h1-8,14,17H,9-11H2,(H2,21,22,23)/t14-/m0/s1. The molecule has 3 rings (SSSR count). The molecule has 5 nitrogen and oxygen atoms in total. The molecule has 1 aliphatic heterocycles. The number of benzene rings is 2. The monoisotopic (exact) mass is 348 g/mol. The van der Waals surface area contributed by atoms with Crippen molar-refractivity contribution in [2.24, 2.45) is 0 Å². The van der Waals surface area contributed by atoms with Crippen molar-refractivity contribution in [2.75, 3.05) is 6.54 Å². The largest absolute Gasteiger partial charge is 0.488 e. The van der Waals surface area contributed by atoms with Gasteiger partial charge < -0.3 is 20.1 Å². The molecule has 2 N–H and O–H groups in total. The van der Waals surface area contributed by atoms with Crippen LogP contribution in [0.5, 0.6) is 11.5 Å². The predicted molar refractivity (Wildman–Crippen MR) is 87.9 cm³/mol. The summed E-state index contributed by atoms with van der Waals surface area (Å²) in [5, 5.41) is 5.35. The van der Waals surface area contributed by atoms with Crippen LogP contribution >= 0.6 is 0 Å². The number of carbonyl (C=O) groups is 1. The molecule has 0 aromatic heterocycles. The number of hydrogen-bond acceptors (Lipinski definition) is 3. The molecule has 2 aromatic carbocycles. The van der Waals surface area contributed by atoms with Crippen LogP contribution in [0.4, 0.5) is 13.6 Å². The smallest absolute Gasteiger partial charge is 0.387 e. The molecule has 0 saturated carbocycles. The van der Waals surface area contributed by atoms with Crippen molar-refractivity contribution < 1.29 is 23.0 Å². The number of hydrogen-bond donors (Lipinski definition) is 2. The third kappa shape index (κ3) is 4.59. The Hall–Kier alpha value is -2.83. The molecule has 0 radical (unpaired) electrons. The van der Waals surface area contributed by atoms with Crippen LogP contribution in [0.1, 0.15) is 11.1 Å². The second kappa shape index (κ2) is 7.83. The number of fused-ring (bicyclic) bond motifs is 1. The highest BCUT2D eigenvalue weighted by atomic mass is 19.3. The minimum Gasteiger partial charge on any atom is -0.488 e. The Morgan fingerprint density at radius 1 is 1.16 bits per heavy atom. The van der Waals surface area contributed by atoms with E-state index in [2.05, 4.69) is 15.4 Å². The van der Waals surface area contributed by atoms with E-state index >= 15 is 0 Å². The summed E-state index contributed by atoms with van der Waals surface area (Å²) < 4.78 is 34.9. The fourth-order valence-electron chi connectivity index (χ4n) is 2.67. The Labute approximate surface area is 143 Å². The van der Waals surface area contributed by atoms with E-state index in [0.717, 1.165) is 17.7 Å². The van der Waals surface area contributed by atoms with Crippen molar-refractivity contribution in [1.29, 1.82) is 0 Å². The second-order valence-electron chi connectivity index (χ2n) is 5.60. The van der Waals surface area contributed by atoms with Gasteiger partial charge in [0.15, 0.2) is 0 Å². The van der Waals surface area contributed by atoms with E-state index in [4.69, 9.17) is 4.74 Å². The number of para-hydroxylation sites is 2. The van der Waals surface area contributed by atoms with E-state index in [9.17, 15) is 13.6 Å². The van der Waals surface area contributed by atoms with Gasteiger partial charge in [-0.15, -0.1) is 0 Å². The van der Waals surface area contributed by atoms with Gasteiger partial charge in [0.25, 0.3) is 0 Å². The molecule has 7 heteroatoms. The van der Waals surface area contributed by atoms with Gasteiger partial charge in [-0.25, -0.2) is 4.79 Å². The summed E-state index contributed by atoms with van der Waals surface area (Å²) in [6.45, 7) is -2.47. The summed E-state index contributed by atoms with van der Waals surface area (Å²) in [4.78, 5) is 11.9. The zero-order valence-corrected chi connectivity index (χ0v) is 13.4. The Balaban J connectivity index is 1.45. The molecule has 1 aliphatic rings. The van der Waals surface area contributed by atoms with Gasteiger partial charge in [-0.1, -0.05) is 36.4 Å². The van der Waals surface area contributed by atoms with Crippen molar-refractivity contribution in [2.45, 2.75) is 25.7 Å². The lowest BCUT2D eigenvalue weighted by molar-refractivity contribution is -0.0504. The third-order valence-corrected chi connectivity index (χ3v) is 3.83. The number of urea groups is 1. The highest BCUT2D eigenvalue weighted by Crippen LogP contribution is 2.27. The number of halogens is 2. The summed E-state index contributed by atoms with van der Waals surface area (Å²) in [5.74, 6) is 0.889. The molecule has 0 bridgehead atoms. The molecule has 0 fully saturated rings. The SMILES string of the molecule is O=C(NCc1ccccc1OC(F)F)NC[C@@H]1Cc2ccccc2O1. The minimum atomic E-state index is -2.91. The molecule has 1 atom stereocenters. The number of ether oxygens (including phenoxy) is 2. The van der Waals surface area contributed by atoms with Crippen LogP contribution < -0.4 is 20.1 Å². The van der Waals surface area contributed by atoms with Crippen LogP contribution in [-0.4, -0.2) is 25.3 Å². The Kier molecular flexibility index (Phi) is 5.33. The maximum Gasteiger partial charge on any atom is 0.387 e. The average molecular weight is 348 g/mol.